The maximum absolute atomic E-state index is 12.6. The Hall–Kier alpha value is -4.00. The molecule has 7 heteroatoms. The molecule has 0 atom stereocenters. The van der Waals surface area contributed by atoms with Crippen molar-refractivity contribution in [3.63, 3.8) is 0 Å². The monoisotopic (exact) mass is 385 g/mol. The molecule has 144 valence electrons. The van der Waals surface area contributed by atoms with E-state index in [1.54, 1.807) is 26.2 Å². The van der Waals surface area contributed by atoms with Gasteiger partial charge in [-0.15, -0.1) is 0 Å². The van der Waals surface area contributed by atoms with Crippen molar-refractivity contribution in [3.8, 4) is 11.1 Å². The Morgan fingerprint density at radius 1 is 0.897 bits per heavy atom. The van der Waals surface area contributed by atoms with Crippen LogP contribution in [0.3, 0.4) is 0 Å². The number of para-hydroxylation sites is 1. The maximum Gasteiger partial charge on any atom is 0.262 e. The van der Waals surface area contributed by atoms with Crippen LogP contribution in [0.4, 0.5) is 17.3 Å². The van der Waals surface area contributed by atoms with Crippen molar-refractivity contribution < 1.29 is 9.32 Å². The molecule has 0 radical (unpaired) electrons. The summed E-state index contributed by atoms with van der Waals surface area (Å²) in [5.74, 6) is 1.35. The van der Waals surface area contributed by atoms with E-state index in [2.05, 4.69) is 25.8 Å². The van der Waals surface area contributed by atoms with Gasteiger partial charge in [0, 0.05) is 18.1 Å². The van der Waals surface area contributed by atoms with E-state index < -0.39 is 0 Å². The predicted molar refractivity (Wildman–Crippen MR) is 111 cm³/mol. The van der Waals surface area contributed by atoms with Crippen molar-refractivity contribution in [2.45, 2.75) is 13.8 Å². The van der Waals surface area contributed by atoms with Gasteiger partial charge in [-0.25, -0.2) is 9.97 Å². The Morgan fingerprint density at radius 2 is 1.55 bits per heavy atom. The van der Waals surface area contributed by atoms with Gasteiger partial charge in [0.15, 0.2) is 0 Å². The molecule has 0 aliphatic heterocycles. The van der Waals surface area contributed by atoms with Crippen LogP contribution < -0.4 is 10.6 Å². The van der Waals surface area contributed by atoms with Gasteiger partial charge in [-0.2, -0.15) is 0 Å². The number of aromatic nitrogens is 3. The van der Waals surface area contributed by atoms with Crippen molar-refractivity contribution in [1.29, 1.82) is 0 Å². The molecule has 0 spiro atoms. The van der Waals surface area contributed by atoms with E-state index in [-0.39, 0.29) is 5.91 Å². The maximum atomic E-state index is 12.6. The molecule has 0 saturated carbocycles. The van der Waals surface area contributed by atoms with Crippen LogP contribution in [0.15, 0.2) is 71.5 Å². The molecule has 29 heavy (non-hydrogen) atoms. The van der Waals surface area contributed by atoms with Crippen LogP contribution in [0.1, 0.15) is 21.8 Å². The third-order valence-corrected chi connectivity index (χ3v) is 4.40. The van der Waals surface area contributed by atoms with Gasteiger partial charge in [-0.1, -0.05) is 23.4 Å². The van der Waals surface area contributed by atoms with Crippen LogP contribution in [-0.2, 0) is 0 Å². The van der Waals surface area contributed by atoms with Gasteiger partial charge >= 0.3 is 0 Å². The van der Waals surface area contributed by atoms with E-state index in [4.69, 9.17) is 4.52 Å². The van der Waals surface area contributed by atoms with Gasteiger partial charge in [0.2, 0.25) is 0 Å². The molecule has 0 aliphatic rings. The highest BCUT2D eigenvalue weighted by Gasteiger charge is 2.18. The molecule has 0 bridgehead atoms. The minimum Gasteiger partial charge on any atom is -0.361 e. The third kappa shape index (κ3) is 4.14. The molecule has 0 unspecified atom stereocenters. The number of hydrogen-bond acceptors (Lipinski definition) is 6. The lowest BCUT2D eigenvalue weighted by molar-refractivity contribution is 0.102. The normalized spacial score (nSPS) is 10.6. The first-order valence-electron chi connectivity index (χ1n) is 9.09. The van der Waals surface area contributed by atoms with Crippen LogP contribution in [0.25, 0.3) is 11.1 Å². The lowest BCUT2D eigenvalue weighted by Gasteiger charge is -2.09. The Morgan fingerprint density at radius 3 is 2.21 bits per heavy atom. The first-order chi connectivity index (χ1) is 14.1. The first kappa shape index (κ1) is 18.4. The fourth-order valence-electron chi connectivity index (χ4n) is 3.01. The number of carbonyl (C=O) groups is 1. The Labute approximate surface area is 167 Å². The second kappa shape index (κ2) is 7.93. The average Bonchev–Trinajstić information content (AvgIpc) is 3.07. The molecule has 3 aromatic heterocycles. The second-order valence-electron chi connectivity index (χ2n) is 6.50. The summed E-state index contributed by atoms with van der Waals surface area (Å²) in [6, 6.07) is 17.4. The third-order valence-electron chi connectivity index (χ3n) is 4.40. The average molecular weight is 385 g/mol. The highest BCUT2D eigenvalue weighted by atomic mass is 16.5. The van der Waals surface area contributed by atoms with Gasteiger partial charge in [0.05, 0.1) is 5.69 Å². The molecular formula is C22H19N5O2. The van der Waals surface area contributed by atoms with E-state index >= 15 is 0 Å². The highest BCUT2D eigenvalue weighted by Crippen LogP contribution is 2.25. The molecule has 1 aromatic carbocycles. The largest absolute Gasteiger partial charge is 0.361 e. The second-order valence-corrected chi connectivity index (χ2v) is 6.50. The standard InChI is InChI=1S/C22H19N5O2/c1-14-21(15(2)29-27-14)22(28)26-20-13-17(9-11-24-20)16-8-10-23-19(12-16)25-18-6-4-3-5-7-18/h3-13H,1-2H3,(H,23,25)(H,24,26,28). The number of aryl methyl sites for hydroxylation is 2. The fraction of sp³-hybridized carbons (Fsp3) is 0.0909. The molecule has 4 rings (SSSR count). The number of nitrogens with zero attached hydrogens (tertiary/aromatic N) is 3. The lowest BCUT2D eigenvalue weighted by Crippen LogP contribution is -2.14. The van der Waals surface area contributed by atoms with Crippen LogP contribution in [0.2, 0.25) is 0 Å². The molecule has 4 aromatic rings. The van der Waals surface area contributed by atoms with Gasteiger partial charge in [0.25, 0.3) is 5.91 Å². The van der Waals surface area contributed by atoms with Gasteiger partial charge in [-0.3, -0.25) is 4.79 Å². The number of rotatable bonds is 5. The minimum absolute atomic E-state index is 0.299. The predicted octanol–water partition coefficient (Wildman–Crippen LogP) is 4.74. The van der Waals surface area contributed by atoms with E-state index in [1.165, 1.54) is 0 Å². The summed E-state index contributed by atoms with van der Waals surface area (Å²) in [5.41, 5.74) is 3.79. The summed E-state index contributed by atoms with van der Waals surface area (Å²) in [5, 5.41) is 9.91. The van der Waals surface area contributed by atoms with Gasteiger partial charge in [-0.05, 0) is 61.4 Å². The van der Waals surface area contributed by atoms with E-state index in [1.807, 2.05) is 54.6 Å². The molecule has 1 amide bonds. The molecule has 2 N–H and O–H groups in total. The molecular weight excluding hydrogens is 366 g/mol. The van der Waals surface area contributed by atoms with Gasteiger partial charge in [0.1, 0.15) is 23.0 Å². The van der Waals surface area contributed by atoms with Crippen LogP contribution in [0.5, 0.6) is 0 Å². The van der Waals surface area contributed by atoms with Crippen LogP contribution in [0, 0.1) is 13.8 Å². The number of amides is 1. The summed E-state index contributed by atoms with van der Waals surface area (Å²) in [6.07, 6.45) is 3.39. The molecule has 0 aliphatic carbocycles. The number of nitrogens with one attached hydrogen (secondary N) is 2. The Balaban J connectivity index is 1.56. The minimum atomic E-state index is -0.299. The zero-order chi connectivity index (χ0) is 20.2. The summed E-state index contributed by atoms with van der Waals surface area (Å²) < 4.78 is 5.06. The summed E-state index contributed by atoms with van der Waals surface area (Å²) in [4.78, 5) is 21.2. The highest BCUT2D eigenvalue weighted by molar-refractivity contribution is 6.05. The lowest BCUT2D eigenvalue weighted by atomic mass is 10.1. The first-order valence-corrected chi connectivity index (χ1v) is 9.09. The molecule has 7 nitrogen and oxygen atoms in total. The number of pyridine rings is 2. The van der Waals surface area contributed by atoms with Crippen molar-refractivity contribution in [2.75, 3.05) is 10.6 Å². The number of hydrogen-bond donors (Lipinski definition) is 2. The van der Waals surface area contributed by atoms with Crippen molar-refractivity contribution in [3.05, 3.63) is 84.0 Å². The zero-order valence-corrected chi connectivity index (χ0v) is 16.0. The number of anilines is 3. The molecule has 0 fully saturated rings. The van der Waals surface area contributed by atoms with E-state index in [0.29, 0.717) is 22.8 Å². The van der Waals surface area contributed by atoms with Gasteiger partial charge < -0.3 is 15.2 Å². The van der Waals surface area contributed by atoms with E-state index in [9.17, 15) is 4.79 Å². The number of benzene rings is 1. The summed E-state index contributed by atoms with van der Waals surface area (Å²) >= 11 is 0. The smallest absolute Gasteiger partial charge is 0.262 e. The zero-order valence-electron chi connectivity index (χ0n) is 16.0. The van der Waals surface area contributed by atoms with Crippen molar-refractivity contribution in [2.24, 2.45) is 0 Å². The van der Waals surface area contributed by atoms with Crippen LogP contribution in [-0.4, -0.2) is 21.0 Å². The Kier molecular flexibility index (Phi) is 5.03. The summed E-state index contributed by atoms with van der Waals surface area (Å²) in [6.45, 7) is 3.44. The quantitative estimate of drug-likeness (QED) is 0.515. The van der Waals surface area contributed by atoms with Crippen LogP contribution >= 0.6 is 0 Å². The molecule has 0 saturated heterocycles. The SMILES string of the molecule is Cc1noc(C)c1C(=O)Nc1cc(-c2ccnc(Nc3ccccc3)c2)ccn1. The van der Waals surface area contributed by atoms with Crippen molar-refractivity contribution >= 4 is 23.2 Å². The molecule has 3 heterocycles. The summed E-state index contributed by atoms with van der Waals surface area (Å²) in [7, 11) is 0. The van der Waals surface area contributed by atoms with E-state index in [0.717, 1.165) is 22.6 Å². The van der Waals surface area contributed by atoms with Crippen molar-refractivity contribution in [1.82, 2.24) is 15.1 Å². The number of carbonyl (C=O) groups excluding carboxylic acids is 1. The fourth-order valence-corrected chi connectivity index (χ4v) is 3.01. The topological polar surface area (TPSA) is 92.9 Å². The Bertz CT molecular complexity index is 1140.